The first kappa shape index (κ1) is 16.9. The maximum Gasteiger partial charge on any atom is 0.335 e. The minimum absolute atomic E-state index is 0.0176. The van der Waals surface area contributed by atoms with Gasteiger partial charge in [0.05, 0.1) is 11.1 Å². The molecule has 2 aromatic rings. The Labute approximate surface area is 144 Å². The number of benzene rings is 2. The van der Waals surface area contributed by atoms with Crippen LogP contribution in [0.15, 0.2) is 48.5 Å². The summed E-state index contributed by atoms with van der Waals surface area (Å²) in [6.45, 7) is 1.58. The number of hydrogen-bond acceptors (Lipinski definition) is 3. The number of Topliss-reactive ketones (excluding diaryl/α,β-unsaturated/α-hetero) is 1. The van der Waals surface area contributed by atoms with Gasteiger partial charge in [-0.3, -0.25) is 4.79 Å². The van der Waals surface area contributed by atoms with Crippen molar-refractivity contribution in [2.24, 2.45) is 5.92 Å². The van der Waals surface area contributed by atoms with Crippen molar-refractivity contribution in [3.63, 3.8) is 0 Å². The molecule has 0 spiro atoms. The van der Waals surface area contributed by atoms with Crippen molar-refractivity contribution < 1.29 is 24.6 Å². The van der Waals surface area contributed by atoms with Crippen molar-refractivity contribution in [3.05, 3.63) is 70.8 Å². The van der Waals surface area contributed by atoms with E-state index in [-0.39, 0.29) is 34.7 Å². The molecule has 0 bridgehead atoms. The molecular weight excluding hydrogens is 320 g/mol. The maximum atomic E-state index is 11.9. The number of carboxylic acid groups (broad SMARTS) is 2. The van der Waals surface area contributed by atoms with Gasteiger partial charge in [-0.2, -0.15) is 0 Å². The Morgan fingerprint density at radius 2 is 1.24 bits per heavy atom. The van der Waals surface area contributed by atoms with Gasteiger partial charge in [-0.15, -0.1) is 0 Å². The van der Waals surface area contributed by atoms with E-state index in [9.17, 15) is 14.4 Å². The summed E-state index contributed by atoms with van der Waals surface area (Å²) >= 11 is 0. The number of carbonyl (C=O) groups excluding carboxylic acids is 1. The van der Waals surface area contributed by atoms with Crippen molar-refractivity contribution in [1.29, 1.82) is 0 Å². The number of hydrogen-bond donors (Lipinski definition) is 2. The van der Waals surface area contributed by atoms with Crippen LogP contribution >= 0.6 is 0 Å². The Morgan fingerprint density at radius 1 is 0.800 bits per heavy atom. The van der Waals surface area contributed by atoms with E-state index in [1.54, 1.807) is 55.5 Å². The largest absolute Gasteiger partial charge is 0.478 e. The smallest absolute Gasteiger partial charge is 0.335 e. The van der Waals surface area contributed by atoms with E-state index in [1.165, 1.54) is 0 Å². The molecule has 2 aromatic carbocycles. The zero-order valence-corrected chi connectivity index (χ0v) is 13.7. The minimum atomic E-state index is -0.982. The molecule has 0 radical (unpaired) electrons. The van der Waals surface area contributed by atoms with Gasteiger partial charge >= 0.3 is 11.9 Å². The van der Waals surface area contributed by atoms with Crippen molar-refractivity contribution in [3.8, 4) is 0 Å². The van der Waals surface area contributed by atoms with Crippen LogP contribution < -0.4 is 0 Å². The predicted molar refractivity (Wildman–Crippen MR) is 91.1 cm³/mol. The molecule has 0 heterocycles. The van der Waals surface area contributed by atoms with Crippen LogP contribution in [0, 0.1) is 5.92 Å². The maximum absolute atomic E-state index is 11.9. The van der Waals surface area contributed by atoms with Gasteiger partial charge in [-0.05, 0) is 54.7 Å². The summed E-state index contributed by atoms with van der Waals surface area (Å²) in [7, 11) is 0. The lowest BCUT2D eigenvalue weighted by Crippen LogP contribution is -2.37. The van der Waals surface area contributed by atoms with Crippen molar-refractivity contribution in [2.45, 2.75) is 25.2 Å². The van der Waals surface area contributed by atoms with Crippen molar-refractivity contribution >= 4 is 17.7 Å². The molecule has 5 heteroatoms. The van der Waals surface area contributed by atoms with Gasteiger partial charge < -0.3 is 10.2 Å². The van der Waals surface area contributed by atoms with Crippen LogP contribution in [0.3, 0.4) is 0 Å². The molecule has 1 saturated carbocycles. The lowest BCUT2D eigenvalue weighted by atomic mass is 9.58. The molecule has 1 aliphatic carbocycles. The average molecular weight is 338 g/mol. The van der Waals surface area contributed by atoms with Gasteiger partial charge in [0.25, 0.3) is 0 Å². The summed E-state index contributed by atoms with van der Waals surface area (Å²) in [5.41, 5.74) is 2.37. The quantitative estimate of drug-likeness (QED) is 0.870. The van der Waals surface area contributed by atoms with Gasteiger partial charge in [0.1, 0.15) is 5.78 Å². The number of ketones is 1. The molecule has 0 aliphatic heterocycles. The van der Waals surface area contributed by atoms with Gasteiger partial charge in [-0.1, -0.05) is 24.3 Å². The standard InChI is InChI=1S/C20H18O5/c1-11(21)16-10-17(12-2-6-14(7-3-12)19(22)23)18(16)13-4-8-15(9-5-13)20(24)25/h2-9,16-18H,10H2,1H3,(H,22,23)(H,24,25)/t16-,17+,18-/m1/s1. The van der Waals surface area contributed by atoms with E-state index in [0.29, 0.717) is 6.42 Å². The number of rotatable bonds is 5. The fourth-order valence-corrected chi connectivity index (χ4v) is 3.60. The summed E-state index contributed by atoms with van der Waals surface area (Å²) in [6, 6.07) is 13.4. The number of aromatic carboxylic acids is 2. The second kappa shape index (κ2) is 6.51. The van der Waals surface area contributed by atoms with E-state index in [2.05, 4.69) is 0 Å². The molecule has 0 aromatic heterocycles. The van der Waals surface area contributed by atoms with Crippen molar-refractivity contribution in [2.75, 3.05) is 0 Å². The van der Waals surface area contributed by atoms with E-state index < -0.39 is 11.9 Å². The van der Waals surface area contributed by atoms with Gasteiger partial charge in [0, 0.05) is 11.8 Å². The Morgan fingerprint density at radius 3 is 1.64 bits per heavy atom. The molecule has 2 N–H and O–H groups in total. The number of carboxylic acids is 2. The highest BCUT2D eigenvalue weighted by Gasteiger charge is 2.44. The summed E-state index contributed by atoms with van der Waals surface area (Å²) in [5, 5.41) is 18.0. The average Bonchev–Trinajstić information content (AvgIpc) is 2.54. The monoisotopic (exact) mass is 338 g/mol. The molecule has 0 amide bonds. The van der Waals surface area contributed by atoms with E-state index in [1.807, 2.05) is 0 Å². The summed E-state index contributed by atoms with van der Waals surface area (Å²) in [6.07, 6.45) is 0.715. The molecule has 0 unspecified atom stereocenters. The van der Waals surface area contributed by atoms with E-state index in [4.69, 9.17) is 10.2 Å². The summed E-state index contributed by atoms with van der Waals surface area (Å²) in [4.78, 5) is 33.9. The van der Waals surface area contributed by atoms with E-state index in [0.717, 1.165) is 11.1 Å². The van der Waals surface area contributed by atoms with Gasteiger partial charge in [-0.25, -0.2) is 9.59 Å². The van der Waals surface area contributed by atoms with Crippen LogP contribution in [0.2, 0.25) is 0 Å². The first-order valence-corrected chi connectivity index (χ1v) is 8.05. The van der Waals surface area contributed by atoms with Crippen LogP contribution in [-0.4, -0.2) is 27.9 Å². The van der Waals surface area contributed by atoms with Crippen LogP contribution in [-0.2, 0) is 4.79 Å². The molecule has 25 heavy (non-hydrogen) atoms. The first-order chi connectivity index (χ1) is 11.9. The highest BCUT2D eigenvalue weighted by molar-refractivity contribution is 5.88. The van der Waals surface area contributed by atoms with Crippen molar-refractivity contribution in [1.82, 2.24) is 0 Å². The topological polar surface area (TPSA) is 91.7 Å². The third kappa shape index (κ3) is 3.18. The number of carbonyl (C=O) groups is 3. The predicted octanol–water partition coefficient (Wildman–Crippen LogP) is 3.56. The Kier molecular flexibility index (Phi) is 4.40. The Hall–Kier alpha value is -2.95. The summed E-state index contributed by atoms with van der Waals surface area (Å²) in [5.74, 6) is -1.83. The molecular formula is C20H18O5. The molecule has 1 aliphatic rings. The fourth-order valence-electron chi connectivity index (χ4n) is 3.60. The van der Waals surface area contributed by atoms with Gasteiger partial charge in [0.2, 0.25) is 0 Å². The second-order valence-electron chi connectivity index (χ2n) is 6.44. The molecule has 0 saturated heterocycles. The summed E-state index contributed by atoms with van der Waals surface area (Å²) < 4.78 is 0. The molecule has 128 valence electrons. The second-order valence-corrected chi connectivity index (χ2v) is 6.44. The highest BCUT2D eigenvalue weighted by Crippen LogP contribution is 2.53. The lowest BCUT2D eigenvalue weighted by molar-refractivity contribution is -0.124. The molecule has 5 nitrogen and oxygen atoms in total. The first-order valence-electron chi connectivity index (χ1n) is 8.05. The van der Waals surface area contributed by atoms with E-state index >= 15 is 0 Å². The third-order valence-corrected chi connectivity index (χ3v) is 5.03. The van der Waals surface area contributed by atoms with Gasteiger partial charge in [0.15, 0.2) is 0 Å². The molecule has 1 fully saturated rings. The van der Waals surface area contributed by atoms with Crippen LogP contribution in [0.4, 0.5) is 0 Å². The fraction of sp³-hybridized carbons (Fsp3) is 0.250. The molecule has 3 atom stereocenters. The zero-order valence-electron chi connectivity index (χ0n) is 13.7. The van der Waals surface area contributed by atoms with Crippen LogP contribution in [0.1, 0.15) is 57.0 Å². The molecule has 3 rings (SSSR count). The normalized spacial score (nSPS) is 22.0. The Bertz CT molecular complexity index is 820. The third-order valence-electron chi connectivity index (χ3n) is 5.03. The highest BCUT2D eigenvalue weighted by atomic mass is 16.4. The Balaban J connectivity index is 1.90. The minimum Gasteiger partial charge on any atom is -0.478 e. The zero-order chi connectivity index (χ0) is 18.1. The van der Waals surface area contributed by atoms with Crippen LogP contribution in [0.25, 0.3) is 0 Å². The lowest BCUT2D eigenvalue weighted by Gasteiger charge is -2.44. The van der Waals surface area contributed by atoms with Crippen LogP contribution in [0.5, 0.6) is 0 Å². The SMILES string of the molecule is CC(=O)[C@H]1C[C@@H](c2ccc(C(=O)O)cc2)[C@@H]1c1ccc(C(=O)O)cc1.